The summed E-state index contributed by atoms with van der Waals surface area (Å²) in [6, 6.07) is -0.0741. The maximum Gasteiger partial charge on any atom is 0.236 e. The molecule has 0 saturated carbocycles. The molecule has 0 aromatic rings. The van der Waals surface area contributed by atoms with Gasteiger partial charge in [0.2, 0.25) is 5.91 Å². The molecule has 1 rings (SSSR count). The number of amides is 1. The number of nitrogens with two attached hydrogens (primary N) is 1. The first-order valence-electron chi connectivity index (χ1n) is 3.33. The van der Waals surface area contributed by atoms with Crippen LogP contribution in [0.25, 0.3) is 0 Å². The Morgan fingerprint density at radius 3 is 2.80 bits per heavy atom. The lowest BCUT2D eigenvalue weighted by molar-refractivity contribution is -0.123. The summed E-state index contributed by atoms with van der Waals surface area (Å²) < 4.78 is 5.09. The number of hydrogen-bond donors (Lipinski definition) is 2. The van der Waals surface area contributed by atoms with Gasteiger partial charge in [0.25, 0.3) is 0 Å². The second-order valence-corrected chi connectivity index (χ2v) is 2.56. The molecule has 0 aliphatic carbocycles. The molecule has 1 fully saturated rings. The van der Waals surface area contributed by atoms with Crippen LogP contribution in [0.4, 0.5) is 0 Å². The summed E-state index contributed by atoms with van der Waals surface area (Å²) in [6.45, 7) is 3.01. The van der Waals surface area contributed by atoms with E-state index in [9.17, 15) is 4.79 Å². The molecule has 4 nitrogen and oxygen atoms in total. The molecule has 0 radical (unpaired) electrons. The first kappa shape index (κ1) is 7.50. The van der Waals surface area contributed by atoms with E-state index in [0.717, 1.165) is 0 Å². The number of rotatable bonds is 1. The SMILES string of the molecule is C[C@H]1COC[C@H](C(N)=O)N1. The fourth-order valence-corrected chi connectivity index (χ4v) is 0.967. The van der Waals surface area contributed by atoms with Gasteiger partial charge in [0.1, 0.15) is 6.04 Å². The monoisotopic (exact) mass is 144 g/mol. The van der Waals surface area contributed by atoms with Gasteiger partial charge in [-0.1, -0.05) is 0 Å². The summed E-state index contributed by atoms with van der Waals surface area (Å²) in [4.78, 5) is 10.6. The van der Waals surface area contributed by atoms with Gasteiger partial charge in [-0.15, -0.1) is 0 Å². The molecule has 0 bridgehead atoms. The largest absolute Gasteiger partial charge is 0.378 e. The quantitative estimate of drug-likeness (QED) is 0.488. The van der Waals surface area contributed by atoms with Crippen LogP contribution in [-0.4, -0.2) is 31.2 Å². The molecule has 10 heavy (non-hydrogen) atoms. The molecule has 4 heteroatoms. The fourth-order valence-electron chi connectivity index (χ4n) is 0.967. The predicted molar refractivity (Wildman–Crippen MR) is 36.4 cm³/mol. The van der Waals surface area contributed by atoms with Crippen molar-refractivity contribution in [3.63, 3.8) is 0 Å². The highest BCUT2D eigenvalue weighted by molar-refractivity contribution is 5.80. The lowest BCUT2D eigenvalue weighted by Gasteiger charge is -2.26. The second kappa shape index (κ2) is 2.98. The number of carbonyl (C=O) groups is 1. The van der Waals surface area contributed by atoms with Crippen molar-refractivity contribution < 1.29 is 9.53 Å². The van der Waals surface area contributed by atoms with Crippen LogP contribution in [0.1, 0.15) is 6.92 Å². The van der Waals surface area contributed by atoms with E-state index in [-0.39, 0.29) is 18.0 Å². The molecule has 0 unspecified atom stereocenters. The van der Waals surface area contributed by atoms with E-state index in [0.29, 0.717) is 13.2 Å². The Kier molecular flexibility index (Phi) is 2.24. The average Bonchev–Trinajstić information content (AvgIpc) is 1.88. The number of ether oxygens (including phenoxy) is 1. The normalized spacial score (nSPS) is 33.7. The third kappa shape index (κ3) is 1.68. The van der Waals surface area contributed by atoms with Crippen molar-refractivity contribution in [3.05, 3.63) is 0 Å². The van der Waals surface area contributed by atoms with E-state index in [1.54, 1.807) is 0 Å². The van der Waals surface area contributed by atoms with Gasteiger partial charge in [0.05, 0.1) is 13.2 Å². The summed E-state index contributed by atoms with van der Waals surface area (Å²) in [7, 11) is 0. The Balaban J connectivity index is 2.39. The van der Waals surface area contributed by atoms with E-state index in [2.05, 4.69) is 5.32 Å². The lowest BCUT2D eigenvalue weighted by atomic mass is 10.2. The number of hydrogen-bond acceptors (Lipinski definition) is 3. The van der Waals surface area contributed by atoms with Gasteiger partial charge in [-0.2, -0.15) is 0 Å². The van der Waals surface area contributed by atoms with Crippen molar-refractivity contribution in [2.24, 2.45) is 5.73 Å². The maximum atomic E-state index is 10.6. The molecular weight excluding hydrogens is 132 g/mol. The highest BCUT2D eigenvalue weighted by atomic mass is 16.5. The maximum absolute atomic E-state index is 10.6. The molecule has 3 N–H and O–H groups in total. The second-order valence-electron chi connectivity index (χ2n) is 2.56. The lowest BCUT2D eigenvalue weighted by Crippen LogP contribution is -2.53. The molecule has 1 heterocycles. The Morgan fingerprint density at radius 2 is 2.40 bits per heavy atom. The molecule has 0 spiro atoms. The minimum atomic E-state index is -0.341. The van der Waals surface area contributed by atoms with Crippen LogP contribution in [0.2, 0.25) is 0 Å². The van der Waals surface area contributed by atoms with Crippen molar-refractivity contribution in [2.75, 3.05) is 13.2 Å². The highest BCUT2D eigenvalue weighted by Gasteiger charge is 2.21. The van der Waals surface area contributed by atoms with Crippen LogP contribution in [0, 0.1) is 0 Å². The minimum absolute atomic E-state index is 0.228. The molecule has 1 amide bonds. The van der Waals surface area contributed by atoms with Gasteiger partial charge in [0.15, 0.2) is 0 Å². The average molecular weight is 144 g/mol. The summed E-state index contributed by atoms with van der Waals surface area (Å²) in [6.07, 6.45) is 0. The van der Waals surface area contributed by atoms with E-state index < -0.39 is 0 Å². The van der Waals surface area contributed by atoms with Crippen molar-refractivity contribution in [3.8, 4) is 0 Å². The zero-order valence-electron chi connectivity index (χ0n) is 5.96. The molecular formula is C6H12N2O2. The predicted octanol–water partition coefficient (Wildman–Crippen LogP) is -1.15. The van der Waals surface area contributed by atoms with Crippen LogP contribution in [0.3, 0.4) is 0 Å². The Labute approximate surface area is 59.7 Å². The first-order chi connectivity index (χ1) is 4.70. The van der Waals surface area contributed by atoms with E-state index >= 15 is 0 Å². The highest BCUT2D eigenvalue weighted by Crippen LogP contribution is 1.97. The summed E-state index contributed by atoms with van der Waals surface area (Å²) in [5.41, 5.74) is 5.05. The Hall–Kier alpha value is -0.610. The molecule has 0 aromatic carbocycles. The van der Waals surface area contributed by atoms with Gasteiger partial charge < -0.3 is 10.5 Å². The Morgan fingerprint density at radius 1 is 1.70 bits per heavy atom. The van der Waals surface area contributed by atoms with Crippen LogP contribution in [0.15, 0.2) is 0 Å². The number of primary amides is 1. The standard InChI is InChI=1S/C6H12N2O2/c1-4-2-10-3-5(8-4)6(7)9/h4-5,8H,2-3H2,1H3,(H2,7,9)/t4-,5+/m0/s1. The summed E-state index contributed by atoms with van der Waals surface area (Å²) in [5.74, 6) is -0.341. The van der Waals surface area contributed by atoms with Gasteiger partial charge in [-0.3, -0.25) is 10.1 Å². The van der Waals surface area contributed by atoms with Gasteiger partial charge in [-0.25, -0.2) is 0 Å². The fraction of sp³-hybridized carbons (Fsp3) is 0.833. The smallest absolute Gasteiger partial charge is 0.236 e. The third-order valence-electron chi connectivity index (χ3n) is 1.48. The molecule has 1 aliphatic heterocycles. The van der Waals surface area contributed by atoms with Crippen molar-refractivity contribution in [1.29, 1.82) is 0 Å². The number of morpholine rings is 1. The first-order valence-corrected chi connectivity index (χ1v) is 3.33. The molecule has 1 aliphatic rings. The number of carbonyl (C=O) groups excluding carboxylic acids is 1. The minimum Gasteiger partial charge on any atom is -0.378 e. The third-order valence-corrected chi connectivity index (χ3v) is 1.48. The molecule has 58 valence electrons. The van der Waals surface area contributed by atoms with Crippen LogP contribution >= 0.6 is 0 Å². The zero-order valence-corrected chi connectivity index (χ0v) is 5.96. The van der Waals surface area contributed by atoms with Gasteiger partial charge >= 0.3 is 0 Å². The van der Waals surface area contributed by atoms with Crippen LogP contribution in [-0.2, 0) is 9.53 Å². The summed E-state index contributed by atoms with van der Waals surface area (Å²) >= 11 is 0. The van der Waals surface area contributed by atoms with Gasteiger partial charge in [-0.05, 0) is 6.92 Å². The molecule has 1 saturated heterocycles. The van der Waals surface area contributed by atoms with Crippen molar-refractivity contribution in [2.45, 2.75) is 19.0 Å². The van der Waals surface area contributed by atoms with Crippen LogP contribution < -0.4 is 11.1 Å². The van der Waals surface area contributed by atoms with E-state index in [4.69, 9.17) is 10.5 Å². The summed E-state index contributed by atoms with van der Waals surface area (Å²) in [5, 5.41) is 3.02. The molecule has 0 aromatic heterocycles. The van der Waals surface area contributed by atoms with E-state index in [1.165, 1.54) is 0 Å². The number of nitrogens with one attached hydrogen (secondary N) is 1. The Bertz CT molecular complexity index is 138. The van der Waals surface area contributed by atoms with Crippen molar-refractivity contribution in [1.82, 2.24) is 5.32 Å². The van der Waals surface area contributed by atoms with E-state index in [1.807, 2.05) is 6.92 Å². The topological polar surface area (TPSA) is 64.3 Å². The van der Waals surface area contributed by atoms with Gasteiger partial charge in [0, 0.05) is 6.04 Å². The zero-order chi connectivity index (χ0) is 7.56. The molecule has 2 atom stereocenters. The van der Waals surface area contributed by atoms with Crippen LogP contribution in [0.5, 0.6) is 0 Å². The van der Waals surface area contributed by atoms with Crippen molar-refractivity contribution >= 4 is 5.91 Å².